The Kier molecular flexibility index (Phi) is 4.17. The van der Waals surface area contributed by atoms with E-state index in [1.807, 2.05) is 29.2 Å². The molecule has 0 saturated heterocycles. The van der Waals surface area contributed by atoms with Crippen molar-refractivity contribution in [1.82, 2.24) is 0 Å². The Morgan fingerprint density at radius 2 is 1.79 bits per heavy atom. The zero-order chi connectivity index (χ0) is 17.3. The van der Waals surface area contributed by atoms with Gasteiger partial charge < -0.3 is 4.90 Å². The van der Waals surface area contributed by atoms with Gasteiger partial charge in [0.1, 0.15) is 6.04 Å². The van der Waals surface area contributed by atoms with Gasteiger partial charge >= 0.3 is 6.18 Å². The number of alkyl halides is 3. The summed E-state index contributed by atoms with van der Waals surface area (Å²) >= 11 is 0. The number of nitro groups is 1. The monoisotopic (exact) mass is 336 g/mol. The SMILES string of the molecule is O=[N+]([O-])CC1c2ccccc2CCN1c1ccc(C(F)(F)F)cc1. The Bertz CT molecular complexity index is 744. The number of anilines is 1. The highest BCUT2D eigenvalue weighted by molar-refractivity contribution is 5.53. The Labute approximate surface area is 136 Å². The van der Waals surface area contributed by atoms with E-state index in [4.69, 9.17) is 0 Å². The summed E-state index contributed by atoms with van der Waals surface area (Å²) in [6.45, 7) is 0.235. The van der Waals surface area contributed by atoms with Gasteiger partial charge in [0.15, 0.2) is 0 Å². The number of halogens is 3. The maximum absolute atomic E-state index is 12.7. The van der Waals surface area contributed by atoms with Crippen molar-refractivity contribution in [3.63, 3.8) is 0 Å². The molecule has 0 saturated carbocycles. The number of nitrogens with zero attached hydrogens (tertiary/aromatic N) is 2. The molecule has 24 heavy (non-hydrogen) atoms. The predicted molar refractivity (Wildman–Crippen MR) is 83.5 cm³/mol. The van der Waals surface area contributed by atoms with E-state index in [0.29, 0.717) is 18.7 Å². The lowest BCUT2D eigenvalue weighted by Gasteiger charge is -2.37. The highest BCUT2D eigenvalue weighted by Gasteiger charge is 2.33. The molecule has 0 aliphatic carbocycles. The van der Waals surface area contributed by atoms with Crippen LogP contribution in [-0.4, -0.2) is 18.0 Å². The summed E-state index contributed by atoms with van der Waals surface area (Å²) in [4.78, 5) is 12.5. The molecule has 4 nitrogen and oxygen atoms in total. The molecule has 0 N–H and O–H groups in total. The van der Waals surface area contributed by atoms with Crippen molar-refractivity contribution in [3.05, 3.63) is 75.3 Å². The van der Waals surface area contributed by atoms with Gasteiger partial charge in [0.2, 0.25) is 6.54 Å². The Balaban J connectivity index is 1.95. The van der Waals surface area contributed by atoms with Gasteiger partial charge in [-0.2, -0.15) is 13.2 Å². The Morgan fingerprint density at radius 3 is 2.42 bits per heavy atom. The fourth-order valence-electron chi connectivity index (χ4n) is 3.14. The highest BCUT2D eigenvalue weighted by Crippen LogP contribution is 2.36. The Morgan fingerprint density at radius 1 is 1.12 bits per heavy atom. The van der Waals surface area contributed by atoms with Gasteiger partial charge in [0, 0.05) is 17.2 Å². The second-order valence-electron chi connectivity index (χ2n) is 5.72. The molecule has 126 valence electrons. The number of benzene rings is 2. The van der Waals surface area contributed by atoms with Crippen LogP contribution in [0.25, 0.3) is 0 Å². The van der Waals surface area contributed by atoms with E-state index in [-0.39, 0.29) is 11.5 Å². The van der Waals surface area contributed by atoms with Crippen LogP contribution in [0.5, 0.6) is 0 Å². The molecule has 1 atom stereocenters. The van der Waals surface area contributed by atoms with Gasteiger partial charge in [-0.25, -0.2) is 0 Å². The zero-order valence-corrected chi connectivity index (χ0v) is 12.7. The first-order valence-corrected chi connectivity index (χ1v) is 7.50. The van der Waals surface area contributed by atoms with Gasteiger partial charge in [-0.3, -0.25) is 10.1 Å². The first-order chi connectivity index (χ1) is 11.4. The molecule has 0 amide bonds. The number of hydrogen-bond donors (Lipinski definition) is 0. The van der Waals surface area contributed by atoms with Crippen LogP contribution in [0.4, 0.5) is 18.9 Å². The van der Waals surface area contributed by atoms with Gasteiger partial charge in [-0.1, -0.05) is 24.3 Å². The fraction of sp³-hybridized carbons (Fsp3) is 0.294. The summed E-state index contributed by atoms with van der Waals surface area (Å²) < 4.78 is 38.1. The molecule has 0 aromatic heterocycles. The molecule has 1 aliphatic rings. The van der Waals surface area contributed by atoms with Crippen LogP contribution >= 0.6 is 0 Å². The number of rotatable bonds is 3. The van der Waals surface area contributed by atoms with Crippen LogP contribution in [-0.2, 0) is 12.6 Å². The average Bonchev–Trinajstić information content (AvgIpc) is 2.54. The van der Waals surface area contributed by atoms with Crippen LogP contribution in [0.15, 0.2) is 48.5 Å². The van der Waals surface area contributed by atoms with Gasteiger partial charge in [-0.05, 0) is 41.8 Å². The van der Waals surface area contributed by atoms with Crippen molar-refractivity contribution in [2.45, 2.75) is 18.6 Å². The molecule has 0 radical (unpaired) electrons. The molecule has 3 rings (SSSR count). The second-order valence-corrected chi connectivity index (χ2v) is 5.72. The van der Waals surface area contributed by atoms with Crippen molar-refractivity contribution >= 4 is 5.69 Å². The van der Waals surface area contributed by atoms with Crippen molar-refractivity contribution in [3.8, 4) is 0 Å². The molecule has 2 aromatic carbocycles. The average molecular weight is 336 g/mol. The molecule has 1 unspecified atom stereocenters. The lowest BCUT2D eigenvalue weighted by atomic mass is 9.92. The van der Waals surface area contributed by atoms with E-state index in [9.17, 15) is 23.3 Å². The normalized spacial score (nSPS) is 17.5. The van der Waals surface area contributed by atoms with E-state index in [1.54, 1.807) is 0 Å². The van der Waals surface area contributed by atoms with Crippen LogP contribution in [0.2, 0.25) is 0 Å². The van der Waals surface area contributed by atoms with E-state index in [2.05, 4.69) is 0 Å². The summed E-state index contributed by atoms with van der Waals surface area (Å²) in [5.41, 5.74) is 1.74. The van der Waals surface area contributed by atoms with E-state index < -0.39 is 17.8 Å². The third-order valence-corrected chi connectivity index (χ3v) is 4.26. The van der Waals surface area contributed by atoms with E-state index >= 15 is 0 Å². The van der Waals surface area contributed by atoms with Crippen LogP contribution in [0.3, 0.4) is 0 Å². The molecule has 7 heteroatoms. The van der Waals surface area contributed by atoms with Crippen LogP contribution in [0.1, 0.15) is 22.7 Å². The fourth-order valence-corrected chi connectivity index (χ4v) is 3.14. The maximum Gasteiger partial charge on any atom is 0.416 e. The number of fused-ring (bicyclic) bond motifs is 1. The van der Waals surface area contributed by atoms with Crippen LogP contribution in [0, 0.1) is 10.1 Å². The summed E-state index contributed by atoms with van der Waals surface area (Å²) in [7, 11) is 0. The molecule has 1 heterocycles. The molecule has 0 spiro atoms. The molecule has 1 aliphatic heterocycles. The van der Waals surface area contributed by atoms with Crippen molar-refractivity contribution in [2.24, 2.45) is 0 Å². The predicted octanol–water partition coefficient (Wildman–Crippen LogP) is 4.09. The first kappa shape index (κ1) is 16.3. The largest absolute Gasteiger partial charge is 0.416 e. The van der Waals surface area contributed by atoms with Gasteiger partial charge in [0.25, 0.3) is 0 Å². The number of hydrogen-bond acceptors (Lipinski definition) is 3. The molecular formula is C17H15F3N2O2. The summed E-state index contributed by atoms with van der Waals surface area (Å²) in [6, 6.07) is 11.8. The Hall–Kier alpha value is -2.57. The lowest BCUT2D eigenvalue weighted by molar-refractivity contribution is -0.483. The van der Waals surface area contributed by atoms with Crippen molar-refractivity contribution in [2.75, 3.05) is 18.0 Å². The molecule has 0 bridgehead atoms. The minimum Gasteiger partial charge on any atom is -0.358 e. The summed E-state index contributed by atoms with van der Waals surface area (Å²) in [5.74, 6) is 0. The minimum absolute atomic E-state index is 0.294. The molecule has 2 aromatic rings. The summed E-state index contributed by atoms with van der Waals surface area (Å²) in [5, 5.41) is 11.1. The smallest absolute Gasteiger partial charge is 0.358 e. The quantitative estimate of drug-likeness (QED) is 0.626. The third kappa shape index (κ3) is 3.20. The topological polar surface area (TPSA) is 46.4 Å². The van der Waals surface area contributed by atoms with Crippen molar-refractivity contribution < 1.29 is 18.1 Å². The zero-order valence-electron chi connectivity index (χ0n) is 12.7. The molecular weight excluding hydrogens is 321 g/mol. The summed E-state index contributed by atoms with van der Waals surface area (Å²) in [6.07, 6.45) is -3.70. The van der Waals surface area contributed by atoms with Gasteiger partial charge in [-0.15, -0.1) is 0 Å². The minimum atomic E-state index is -4.40. The molecule has 0 fully saturated rings. The standard InChI is InChI=1S/C17H15F3N2O2/c18-17(19,20)13-5-7-14(8-6-13)21-10-9-12-3-1-2-4-15(12)16(21)11-22(23)24/h1-8,16H,9-11H2. The van der Waals surface area contributed by atoms with Crippen molar-refractivity contribution in [1.29, 1.82) is 0 Å². The van der Waals surface area contributed by atoms with E-state index in [1.165, 1.54) is 12.1 Å². The second kappa shape index (κ2) is 6.14. The first-order valence-electron chi connectivity index (χ1n) is 7.50. The lowest BCUT2D eigenvalue weighted by Crippen LogP contribution is -2.39. The maximum atomic E-state index is 12.7. The van der Waals surface area contributed by atoms with Gasteiger partial charge in [0.05, 0.1) is 5.56 Å². The van der Waals surface area contributed by atoms with E-state index in [0.717, 1.165) is 23.3 Å². The third-order valence-electron chi connectivity index (χ3n) is 4.26. The van der Waals surface area contributed by atoms with Crippen LogP contribution < -0.4 is 4.90 Å². The highest BCUT2D eigenvalue weighted by atomic mass is 19.4.